The molecule has 114 valence electrons. The molecule has 3 rings (SSSR count). The van der Waals surface area contributed by atoms with Gasteiger partial charge in [-0.25, -0.2) is 9.59 Å². The molecule has 2 N–H and O–H groups in total. The standard InChI is InChI=1S/C16H10N2O5/c19-13-8-14-9(6-11(15(20)21)16(22)23-14)7-12(13)18-17-10-4-2-1-3-5-10/h1-8,19H,(H,20,21). The Morgan fingerprint density at radius 1 is 1.04 bits per heavy atom. The molecule has 0 unspecified atom stereocenters. The third-order valence-corrected chi connectivity index (χ3v) is 3.09. The largest absolute Gasteiger partial charge is 0.505 e. The number of phenols is 1. The molecule has 0 bridgehead atoms. The summed E-state index contributed by atoms with van der Waals surface area (Å²) in [7, 11) is 0. The van der Waals surface area contributed by atoms with Crippen LogP contribution in [0.2, 0.25) is 0 Å². The van der Waals surface area contributed by atoms with E-state index >= 15 is 0 Å². The fourth-order valence-corrected chi connectivity index (χ4v) is 1.98. The minimum Gasteiger partial charge on any atom is -0.505 e. The molecule has 0 spiro atoms. The Kier molecular flexibility index (Phi) is 3.60. The first kappa shape index (κ1) is 14.5. The van der Waals surface area contributed by atoms with Crippen LogP contribution in [0.3, 0.4) is 0 Å². The van der Waals surface area contributed by atoms with Gasteiger partial charge in [-0.3, -0.25) is 0 Å². The fraction of sp³-hybridized carbons (Fsp3) is 0. The number of aromatic hydroxyl groups is 1. The fourth-order valence-electron chi connectivity index (χ4n) is 1.98. The molecule has 0 amide bonds. The smallest absolute Gasteiger partial charge is 0.351 e. The van der Waals surface area contributed by atoms with Gasteiger partial charge in [-0.05, 0) is 24.3 Å². The summed E-state index contributed by atoms with van der Waals surface area (Å²) in [5, 5.41) is 27.1. The Balaban J connectivity index is 2.09. The number of phenolic OH excluding ortho intramolecular Hbond substituents is 1. The summed E-state index contributed by atoms with van der Waals surface area (Å²) < 4.78 is 4.88. The second kappa shape index (κ2) is 5.72. The Morgan fingerprint density at radius 3 is 2.48 bits per heavy atom. The summed E-state index contributed by atoms with van der Waals surface area (Å²) in [6.45, 7) is 0. The lowest BCUT2D eigenvalue weighted by Gasteiger charge is -2.02. The monoisotopic (exact) mass is 310 g/mol. The quantitative estimate of drug-likeness (QED) is 0.566. The number of benzene rings is 2. The molecule has 0 saturated carbocycles. The second-order valence-corrected chi connectivity index (χ2v) is 4.67. The van der Waals surface area contributed by atoms with Gasteiger partial charge in [0.25, 0.3) is 0 Å². The molecular formula is C16H10N2O5. The number of rotatable bonds is 3. The maximum Gasteiger partial charge on any atom is 0.351 e. The van der Waals surface area contributed by atoms with E-state index in [1.807, 2.05) is 6.07 Å². The Hall–Kier alpha value is -3.48. The van der Waals surface area contributed by atoms with E-state index in [-0.39, 0.29) is 17.0 Å². The van der Waals surface area contributed by atoms with E-state index in [1.165, 1.54) is 18.2 Å². The number of hydrogen-bond donors (Lipinski definition) is 2. The van der Waals surface area contributed by atoms with E-state index in [1.54, 1.807) is 24.3 Å². The lowest BCUT2D eigenvalue weighted by molar-refractivity contribution is 0.0692. The van der Waals surface area contributed by atoms with Crippen molar-refractivity contribution in [1.82, 2.24) is 0 Å². The minimum atomic E-state index is -1.39. The Labute approximate surface area is 129 Å². The summed E-state index contributed by atoms with van der Waals surface area (Å²) in [6.07, 6.45) is 0. The van der Waals surface area contributed by atoms with Crippen LogP contribution in [-0.2, 0) is 0 Å². The molecule has 0 fully saturated rings. The van der Waals surface area contributed by atoms with E-state index in [2.05, 4.69) is 10.2 Å². The van der Waals surface area contributed by atoms with Gasteiger partial charge < -0.3 is 14.6 Å². The number of carbonyl (C=O) groups is 1. The predicted octanol–water partition coefficient (Wildman–Crippen LogP) is 3.61. The maximum atomic E-state index is 11.5. The Bertz CT molecular complexity index is 977. The lowest BCUT2D eigenvalue weighted by atomic mass is 10.1. The van der Waals surface area contributed by atoms with Gasteiger partial charge in [-0.2, -0.15) is 5.11 Å². The van der Waals surface area contributed by atoms with E-state index < -0.39 is 17.2 Å². The molecule has 0 atom stereocenters. The van der Waals surface area contributed by atoms with Gasteiger partial charge in [0, 0.05) is 11.5 Å². The summed E-state index contributed by atoms with van der Waals surface area (Å²) in [5.74, 6) is -1.62. The molecule has 7 nitrogen and oxygen atoms in total. The first-order valence-corrected chi connectivity index (χ1v) is 6.55. The predicted molar refractivity (Wildman–Crippen MR) is 81.7 cm³/mol. The molecule has 3 aromatic rings. The molecule has 0 saturated heterocycles. The zero-order chi connectivity index (χ0) is 16.4. The lowest BCUT2D eigenvalue weighted by Crippen LogP contribution is -2.12. The summed E-state index contributed by atoms with van der Waals surface area (Å²) in [5.41, 5.74) is -0.683. The van der Waals surface area contributed by atoms with Crippen LogP contribution in [0.4, 0.5) is 11.4 Å². The number of nitrogens with zero attached hydrogens (tertiary/aromatic N) is 2. The average molecular weight is 310 g/mol. The van der Waals surface area contributed by atoms with Crippen LogP contribution in [-0.4, -0.2) is 16.2 Å². The van der Waals surface area contributed by atoms with Crippen molar-refractivity contribution < 1.29 is 19.4 Å². The van der Waals surface area contributed by atoms with Gasteiger partial charge in [0.2, 0.25) is 0 Å². The third-order valence-electron chi connectivity index (χ3n) is 3.09. The second-order valence-electron chi connectivity index (χ2n) is 4.67. The van der Waals surface area contributed by atoms with Gasteiger partial charge in [-0.15, -0.1) is 5.11 Å². The van der Waals surface area contributed by atoms with Crippen molar-refractivity contribution in [3.63, 3.8) is 0 Å². The molecule has 0 radical (unpaired) electrons. The van der Waals surface area contributed by atoms with Crippen LogP contribution < -0.4 is 5.63 Å². The average Bonchev–Trinajstić information content (AvgIpc) is 2.53. The molecule has 2 aromatic carbocycles. The van der Waals surface area contributed by atoms with Crippen molar-refractivity contribution in [2.45, 2.75) is 0 Å². The van der Waals surface area contributed by atoms with E-state index in [0.717, 1.165) is 0 Å². The highest BCUT2D eigenvalue weighted by atomic mass is 16.4. The summed E-state index contributed by atoms with van der Waals surface area (Å²) in [4.78, 5) is 22.5. The van der Waals surface area contributed by atoms with Crippen LogP contribution in [0.15, 0.2) is 68.0 Å². The minimum absolute atomic E-state index is 0.0659. The number of carboxylic acids is 1. The number of carboxylic acid groups (broad SMARTS) is 1. The van der Waals surface area contributed by atoms with Crippen LogP contribution >= 0.6 is 0 Å². The van der Waals surface area contributed by atoms with Gasteiger partial charge in [-0.1, -0.05) is 18.2 Å². The molecule has 1 heterocycles. The molecule has 23 heavy (non-hydrogen) atoms. The zero-order valence-corrected chi connectivity index (χ0v) is 11.6. The normalized spacial score (nSPS) is 11.1. The highest BCUT2D eigenvalue weighted by Crippen LogP contribution is 2.32. The van der Waals surface area contributed by atoms with E-state index in [4.69, 9.17) is 9.52 Å². The van der Waals surface area contributed by atoms with Crippen LogP contribution in [0.25, 0.3) is 11.0 Å². The number of aromatic carboxylic acids is 1. The van der Waals surface area contributed by atoms with Crippen molar-refractivity contribution in [3.05, 3.63) is 64.5 Å². The first-order chi connectivity index (χ1) is 11.0. The molecule has 0 aliphatic heterocycles. The summed E-state index contributed by atoms with van der Waals surface area (Å²) >= 11 is 0. The highest BCUT2D eigenvalue weighted by Gasteiger charge is 2.14. The summed E-state index contributed by atoms with van der Waals surface area (Å²) in [6, 6.07) is 12.7. The van der Waals surface area contributed by atoms with E-state index in [0.29, 0.717) is 11.1 Å². The van der Waals surface area contributed by atoms with Crippen LogP contribution in [0.5, 0.6) is 5.75 Å². The van der Waals surface area contributed by atoms with Gasteiger partial charge in [0.05, 0.1) is 5.69 Å². The van der Waals surface area contributed by atoms with Crippen molar-refractivity contribution in [1.29, 1.82) is 0 Å². The zero-order valence-electron chi connectivity index (χ0n) is 11.6. The van der Waals surface area contributed by atoms with E-state index in [9.17, 15) is 14.7 Å². The Morgan fingerprint density at radius 2 is 1.78 bits per heavy atom. The van der Waals surface area contributed by atoms with Crippen molar-refractivity contribution in [2.24, 2.45) is 10.2 Å². The molecule has 1 aromatic heterocycles. The van der Waals surface area contributed by atoms with Crippen molar-refractivity contribution >= 4 is 28.3 Å². The van der Waals surface area contributed by atoms with Gasteiger partial charge in [0.15, 0.2) is 0 Å². The van der Waals surface area contributed by atoms with Gasteiger partial charge >= 0.3 is 11.6 Å². The number of hydrogen-bond acceptors (Lipinski definition) is 6. The number of azo groups is 1. The first-order valence-electron chi connectivity index (χ1n) is 6.55. The topological polar surface area (TPSA) is 112 Å². The molecule has 0 aliphatic carbocycles. The molecular weight excluding hydrogens is 300 g/mol. The highest BCUT2D eigenvalue weighted by molar-refractivity contribution is 5.92. The van der Waals surface area contributed by atoms with Crippen molar-refractivity contribution in [2.75, 3.05) is 0 Å². The maximum absolute atomic E-state index is 11.5. The SMILES string of the molecule is O=C(O)c1cc2cc(N=Nc3ccccc3)c(O)cc2oc1=O. The number of fused-ring (bicyclic) bond motifs is 1. The third kappa shape index (κ3) is 2.93. The van der Waals surface area contributed by atoms with Crippen LogP contribution in [0, 0.1) is 0 Å². The molecule has 0 aliphatic rings. The van der Waals surface area contributed by atoms with Gasteiger partial charge in [0.1, 0.15) is 22.6 Å². The molecule has 7 heteroatoms. The van der Waals surface area contributed by atoms with Crippen molar-refractivity contribution in [3.8, 4) is 5.75 Å². The van der Waals surface area contributed by atoms with Crippen LogP contribution in [0.1, 0.15) is 10.4 Å².